The van der Waals surface area contributed by atoms with Crippen molar-refractivity contribution >= 4 is 16.8 Å². The molecule has 210 valence electrons. The van der Waals surface area contributed by atoms with Gasteiger partial charge in [-0.05, 0) is 64.9 Å². The third kappa shape index (κ3) is 3.93. The lowest BCUT2D eigenvalue weighted by Crippen LogP contribution is -2.35. The molecule has 0 amide bonds. The summed E-state index contributed by atoms with van der Waals surface area (Å²) in [6.07, 6.45) is 4.47. The Balaban J connectivity index is 1.46. The normalized spacial score (nSPS) is 17.7. The molecule has 7 rings (SSSR count). The molecule has 0 bridgehead atoms. The maximum Gasteiger partial charge on any atom is 0.178 e. The molecule has 0 radical (unpaired) electrons. The number of hydrogen-bond donors (Lipinski definition) is 1. The van der Waals surface area contributed by atoms with Gasteiger partial charge in [0, 0.05) is 27.5 Å². The minimum absolute atomic E-state index is 0.0296. The third-order valence-electron chi connectivity index (χ3n) is 8.68. The molecule has 0 spiro atoms. The van der Waals surface area contributed by atoms with Gasteiger partial charge in [0.15, 0.2) is 5.60 Å². The highest BCUT2D eigenvalue weighted by atomic mass is 16.5. The van der Waals surface area contributed by atoms with Crippen molar-refractivity contribution < 1.29 is 19.3 Å². The number of aliphatic hydroxyl groups excluding tert-OH is 1. The Bertz CT molecular complexity index is 1820. The Morgan fingerprint density at radius 1 is 0.738 bits per heavy atom. The zero-order valence-corrected chi connectivity index (χ0v) is 24.2. The Kier molecular flexibility index (Phi) is 6.32. The summed E-state index contributed by atoms with van der Waals surface area (Å²) in [5, 5.41) is 11.5. The summed E-state index contributed by atoms with van der Waals surface area (Å²) >= 11 is 0. The maximum absolute atomic E-state index is 9.21. The van der Waals surface area contributed by atoms with Crippen LogP contribution in [-0.2, 0) is 11.0 Å². The summed E-state index contributed by atoms with van der Waals surface area (Å²) in [5.41, 5.74) is 7.31. The van der Waals surface area contributed by atoms with Gasteiger partial charge in [0.05, 0.1) is 13.2 Å². The monoisotopic (exact) mass is 554 g/mol. The second kappa shape index (κ2) is 10.1. The number of ether oxygens (including phenoxy) is 3. The van der Waals surface area contributed by atoms with Gasteiger partial charge in [-0.1, -0.05) is 92.7 Å². The molecule has 4 heteroatoms. The highest BCUT2D eigenvalue weighted by molar-refractivity contribution is 6.08. The molecule has 1 aliphatic carbocycles. The lowest BCUT2D eigenvalue weighted by atomic mass is 9.77. The predicted octanol–water partition coefficient (Wildman–Crippen LogP) is 8.27. The topological polar surface area (TPSA) is 47.9 Å². The van der Waals surface area contributed by atoms with E-state index in [9.17, 15) is 5.11 Å². The minimum Gasteiger partial charge on any atom is -0.494 e. The lowest BCUT2D eigenvalue weighted by Gasteiger charge is -2.38. The molecule has 42 heavy (non-hydrogen) atoms. The van der Waals surface area contributed by atoms with E-state index in [4.69, 9.17) is 14.2 Å². The molecule has 1 N–H and O–H groups in total. The molecular formula is C38H34O4. The number of rotatable bonds is 7. The first-order valence-electron chi connectivity index (χ1n) is 14.6. The summed E-state index contributed by atoms with van der Waals surface area (Å²) in [4.78, 5) is 0. The van der Waals surface area contributed by atoms with E-state index in [-0.39, 0.29) is 18.6 Å². The third-order valence-corrected chi connectivity index (χ3v) is 8.68. The molecule has 1 unspecified atom stereocenters. The number of benzene rings is 5. The molecule has 1 aliphatic heterocycles. The van der Waals surface area contributed by atoms with Crippen LogP contribution in [0.3, 0.4) is 0 Å². The fourth-order valence-corrected chi connectivity index (χ4v) is 6.81. The quantitative estimate of drug-likeness (QED) is 0.220. The van der Waals surface area contributed by atoms with Crippen LogP contribution in [-0.4, -0.2) is 24.9 Å². The summed E-state index contributed by atoms with van der Waals surface area (Å²) in [5.74, 6) is 2.42. The van der Waals surface area contributed by atoms with Crippen LogP contribution in [0.1, 0.15) is 48.6 Å². The second-order valence-corrected chi connectivity index (χ2v) is 11.4. The van der Waals surface area contributed by atoms with Crippen LogP contribution >= 0.6 is 0 Å². The van der Waals surface area contributed by atoms with Crippen LogP contribution in [0.5, 0.6) is 17.2 Å². The van der Waals surface area contributed by atoms with E-state index in [1.807, 2.05) is 43.3 Å². The van der Waals surface area contributed by atoms with Crippen molar-refractivity contribution in [3.8, 4) is 28.4 Å². The van der Waals surface area contributed by atoms with Gasteiger partial charge in [0.2, 0.25) is 0 Å². The van der Waals surface area contributed by atoms with Crippen LogP contribution < -0.4 is 14.2 Å². The van der Waals surface area contributed by atoms with E-state index in [1.165, 1.54) is 27.6 Å². The lowest BCUT2D eigenvalue weighted by molar-refractivity contribution is 0.163. The molecule has 0 fully saturated rings. The Labute approximate surface area is 246 Å². The zero-order valence-electron chi connectivity index (χ0n) is 24.2. The van der Waals surface area contributed by atoms with Crippen molar-refractivity contribution in [1.29, 1.82) is 0 Å². The molecule has 0 saturated heterocycles. The predicted molar refractivity (Wildman–Crippen MR) is 169 cm³/mol. The fourth-order valence-electron chi connectivity index (χ4n) is 6.81. The van der Waals surface area contributed by atoms with Gasteiger partial charge < -0.3 is 19.3 Å². The van der Waals surface area contributed by atoms with E-state index in [0.29, 0.717) is 12.4 Å². The molecule has 0 saturated carbocycles. The van der Waals surface area contributed by atoms with E-state index in [2.05, 4.69) is 86.7 Å². The van der Waals surface area contributed by atoms with Gasteiger partial charge in [-0.2, -0.15) is 0 Å². The van der Waals surface area contributed by atoms with E-state index >= 15 is 0 Å². The Morgan fingerprint density at radius 2 is 1.36 bits per heavy atom. The minimum atomic E-state index is -0.875. The summed E-state index contributed by atoms with van der Waals surface area (Å²) in [6.45, 7) is 7.46. The van der Waals surface area contributed by atoms with Gasteiger partial charge in [-0.3, -0.25) is 0 Å². The number of aliphatic hydroxyl groups is 1. The van der Waals surface area contributed by atoms with Gasteiger partial charge in [0.25, 0.3) is 0 Å². The van der Waals surface area contributed by atoms with E-state index < -0.39 is 5.60 Å². The summed E-state index contributed by atoms with van der Waals surface area (Å²) < 4.78 is 18.8. The van der Waals surface area contributed by atoms with Gasteiger partial charge in [-0.25, -0.2) is 0 Å². The van der Waals surface area contributed by atoms with Gasteiger partial charge >= 0.3 is 0 Å². The fraction of sp³-hybridized carbons (Fsp3) is 0.211. The second-order valence-electron chi connectivity index (χ2n) is 11.4. The average molecular weight is 555 g/mol. The first-order valence-corrected chi connectivity index (χ1v) is 14.6. The zero-order chi connectivity index (χ0) is 28.9. The van der Waals surface area contributed by atoms with Crippen molar-refractivity contribution in [3.05, 3.63) is 131 Å². The average Bonchev–Trinajstić information content (AvgIpc) is 3.28. The SMILES string of the molecule is CCOc1ccc(C2(c3ccc(OCCO)cc3)C=Cc3c4c(c5ccccc5c3O2)-c2ccccc2C4(C)C)cc1. The van der Waals surface area contributed by atoms with Crippen LogP contribution in [0.15, 0.2) is 103 Å². The number of hydrogen-bond acceptors (Lipinski definition) is 4. The molecule has 4 nitrogen and oxygen atoms in total. The van der Waals surface area contributed by atoms with Crippen molar-refractivity contribution in [3.63, 3.8) is 0 Å². The highest BCUT2D eigenvalue weighted by Crippen LogP contribution is 2.58. The Hall–Kier alpha value is -4.54. The molecule has 1 heterocycles. The van der Waals surface area contributed by atoms with Gasteiger partial charge in [-0.15, -0.1) is 0 Å². The van der Waals surface area contributed by atoms with Crippen molar-refractivity contribution in [1.82, 2.24) is 0 Å². The van der Waals surface area contributed by atoms with Crippen LogP contribution in [0.2, 0.25) is 0 Å². The standard InChI is InChI=1S/C38H34O4/c1-4-40-27-17-13-25(14-18-27)38(26-15-19-28(20-16-26)41-24-23-39)22-21-32-35-34(29-9-5-6-10-30(29)36(32)42-38)31-11-7-8-12-33(31)37(35,2)3/h5-22,39H,4,23-24H2,1-3H3. The van der Waals surface area contributed by atoms with Crippen molar-refractivity contribution in [2.24, 2.45) is 0 Å². The van der Waals surface area contributed by atoms with Crippen molar-refractivity contribution in [2.45, 2.75) is 31.8 Å². The van der Waals surface area contributed by atoms with Crippen LogP contribution in [0, 0.1) is 0 Å². The molecular weight excluding hydrogens is 520 g/mol. The van der Waals surface area contributed by atoms with Crippen LogP contribution in [0.4, 0.5) is 0 Å². The van der Waals surface area contributed by atoms with Crippen LogP contribution in [0.25, 0.3) is 28.0 Å². The van der Waals surface area contributed by atoms with Crippen molar-refractivity contribution in [2.75, 3.05) is 19.8 Å². The highest BCUT2D eigenvalue weighted by Gasteiger charge is 2.44. The largest absolute Gasteiger partial charge is 0.494 e. The molecule has 2 aliphatic rings. The molecule has 5 aromatic carbocycles. The van der Waals surface area contributed by atoms with E-state index in [1.54, 1.807) is 0 Å². The Morgan fingerprint density at radius 3 is 2.02 bits per heavy atom. The molecule has 5 aromatic rings. The summed E-state index contributed by atoms with van der Waals surface area (Å²) in [6, 6.07) is 33.6. The maximum atomic E-state index is 9.21. The van der Waals surface area contributed by atoms with E-state index in [0.717, 1.165) is 33.6 Å². The molecule has 0 aromatic heterocycles. The first-order chi connectivity index (χ1) is 20.5. The van der Waals surface area contributed by atoms with Gasteiger partial charge in [0.1, 0.15) is 23.9 Å². The molecule has 1 atom stereocenters. The smallest absolute Gasteiger partial charge is 0.178 e. The summed E-state index contributed by atoms with van der Waals surface area (Å²) in [7, 11) is 0. The first kappa shape index (κ1) is 26.4. The number of fused-ring (bicyclic) bond motifs is 8.